The van der Waals surface area contributed by atoms with Gasteiger partial charge in [0.1, 0.15) is 6.10 Å². The molecular weight excluding hydrogens is 278 g/mol. The third-order valence-corrected chi connectivity index (χ3v) is 3.78. The van der Waals surface area contributed by atoms with Crippen LogP contribution in [0.1, 0.15) is 34.2 Å². The van der Waals surface area contributed by atoms with Gasteiger partial charge in [-0.1, -0.05) is 28.1 Å². The van der Waals surface area contributed by atoms with Crippen LogP contribution in [-0.2, 0) is 0 Å². The van der Waals surface area contributed by atoms with E-state index in [1.807, 2.05) is 38.1 Å². The summed E-state index contributed by atoms with van der Waals surface area (Å²) in [7, 11) is 0. The lowest BCUT2D eigenvalue weighted by molar-refractivity contribution is 0.215. The molecule has 0 radical (unpaired) electrons. The van der Waals surface area contributed by atoms with Gasteiger partial charge in [-0.3, -0.25) is 0 Å². The molecule has 1 aromatic heterocycles. The van der Waals surface area contributed by atoms with Crippen molar-refractivity contribution in [3.63, 3.8) is 0 Å². The molecule has 0 aliphatic rings. The lowest BCUT2D eigenvalue weighted by Gasteiger charge is -2.11. The second-order valence-electron chi connectivity index (χ2n) is 4.37. The highest BCUT2D eigenvalue weighted by Gasteiger charge is 2.17. The van der Waals surface area contributed by atoms with E-state index >= 15 is 0 Å². The molecule has 0 saturated heterocycles. The Morgan fingerprint density at radius 3 is 2.41 bits per heavy atom. The number of aromatic nitrogens is 1. The average molecular weight is 294 g/mol. The van der Waals surface area contributed by atoms with E-state index in [1.54, 1.807) is 0 Å². The van der Waals surface area contributed by atoms with Crippen molar-refractivity contribution in [2.24, 2.45) is 0 Å². The van der Waals surface area contributed by atoms with Crippen molar-refractivity contribution in [3.8, 4) is 0 Å². The van der Waals surface area contributed by atoms with Gasteiger partial charge in [-0.05, 0) is 49.6 Å². The number of aliphatic hydroxyl groups is 1. The molecule has 1 aromatic carbocycles. The second kappa shape index (κ2) is 4.67. The van der Waals surface area contributed by atoms with Gasteiger partial charge in [-0.15, -0.1) is 0 Å². The maximum atomic E-state index is 10.4. The van der Waals surface area contributed by atoms with Crippen molar-refractivity contribution in [1.29, 1.82) is 0 Å². The predicted molar refractivity (Wildman–Crippen MR) is 73.2 cm³/mol. The molecule has 2 rings (SSSR count). The van der Waals surface area contributed by atoms with Gasteiger partial charge in [0.05, 0.1) is 5.69 Å². The van der Waals surface area contributed by atoms with Crippen LogP contribution in [0.25, 0.3) is 0 Å². The molecule has 3 heteroatoms. The molecule has 0 amide bonds. The number of benzene rings is 1. The van der Waals surface area contributed by atoms with Gasteiger partial charge in [0.2, 0.25) is 0 Å². The van der Waals surface area contributed by atoms with Crippen molar-refractivity contribution in [2.45, 2.75) is 26.9 Å². The van der Waals surface area contributed by atoms with E-state index in [4.69, 9.17) is 0 Å². The smallest absolute Gasteiger partial charge is 0.119 e. The molecule has 0 fully saturated rings. The number of aliphatic hydroxyl groups excluding tert-OH is 1. The molecule has 1 heterocycles. The topological polar surface area (TPSA) is 36.0 Å². The summed E-state index contributed by atoms with van der Waals surface area (Å²) < 4.78 is 0.978. The van der Waals surface area contributed by atoms with Crippen LogP contribution in [0.3, 0.4) is 0 Å². The van der Waals surface area contributed by atoms with E-state index in [1.165, 1.54) is 5.56 Å². The van der Waals surface area contributed by atoms with E-state index in [0.29, 0.717) is 0 Å². The fourth-order valence-corrected chi connectivity index (χ4v) is 2.41. The summed E-state index contributed by atoms with van der Waals surface area (Å²) >= 11 is 3.42. The summed E-state index contributed by atoms with van der Waals surface area (Å²) in [5.74, 6) is 0. The van der Waals surface area contributed by atoms with Crippen molar-refractivity contribution in [3.05, 3.63) is 56.8 Å². The normalized spacial score (nSPS) is 12.8. The molecule has 0 spiro atoms. The fourth-order valence-electron chi connectivity index (χ4n) is 1.99. The van der Waals surface area contributed by atoms with E-state index in [-0.39, 0.29) is 0 Å². The highest BCUT2D eigenvalue weighted by atomic mass is 79.9. The third kappa shape index (κ3) is 2.31. The maximum absolute atomic E-state index is 10.4. The highest BCUT2D eigenvalue weighted by Crippen LogP contribution is 2.28. The van der Waals surface area contributed by atoms with Gasteiger partial charge in [-0.2, -0.15) is 0 Å². The Labute approximate surface area is 110 Å². The molecule has 17 heavy (non-hydrogen) atoms. The Kier molecular flexibility index (Phi) is 3.40. The van der Waals surface area contributed by atoms with Crippen LogP contribution in [0.5, 0.6) is 0 Å². The summed E-state index contributed by atoms with van der Waals surface area (Å²) in [6.07, 6.45) is -0.597. The SMILES string of the molecule is Cc1[nH]c(C(O)c2cccc(Br)c2)c(C)c1C. The lowest BCUT2D eigenvalue weighted by atomic mass is 10.0. The van der Waals surface area contributed by atoms with Crippen molar-refractivity contribution in [1.82, 2.24) is 4.98 Å². The van der Waals surface area contributed by atoms with Crippen LogP contribution in [0, 0.1) is 20.8 Å². The second-order valence-corrected chi connectivity index (χ2v) is 5.29. The summed E-state index contributed by atoms with van der Waals surface area (Å²) in [4.78, 5) is 3.27. The van der Waals surface area contributed by atoms with Crippen LogP contribution in [0.2, 0.25) is 0 Å². The molecular formula is C14H16BrNO. The third-order valence-electron chi connectivity index (χ3n) is 3.29. The molecule has 1 atom stereocenters. The molecule has 2 aromatic rings. The van der Waals surface area contributed by atoms with Crippen LogP contribution in [0.4, 0.5) is 0 Å². The predicted octanol–water partition coefficient (Wildman–Crippen LogP) is 3.78. The first-order valence-electron chi connectivity index (χ1n) is 5.60. The minimum atomic E-state index is -0.597. The molecule has 90 valence electrons. The molecule has 0 saturated carbocycles. The number of hydrogen-bond donors (Lipinski definition) is 2. The number of H-pyrrole nitrogens is 1. The van der Waals surface area contributed by atoms with Crippen LogP contribution >= 0.6 is 15.9 Å². The molecule has 1 unspecified atom stereocenters. The Balaban J connectivity index is 2.43. The monoisotopic (exact) mass is 293 g/mol. The van der Waals surface area contributed by atoms with E-state index in [0.717, 1.165) is 27.0 Å². The fraction of sp³-hybridized carbons (Fsp3) is 0.286. The minimum Gasteiger partial charge on any atom is -0.382 e. The van der Waals surface area contributed by atoms with Crippen molar-refractivity contribution in [2.75, 3.05) is 0 Å². The number of rotatable bonds is 2. The summed E-state index contributed by atoms with van der Waals surface area (Å²) in [5, 5.41) is 10.4. The van der Waals surface area contributed by atoms with Gasteiger partial charge in [-0.25, -0.2) is 0 Å². The van der Waals surface area contributed by atoms with Gasteiger partial charge in [0.25, 0.3) is 0 Å². The Hall–Kier alpha value is -1.06. The zero-order valence-corrected chi connectivity index (χ0v) is 11.8. The molecule has 0 aliphatic carbocycles. The van der Waals surface area contributed by atoms with Crippen LogP contribution in [0.15, 0.2) is 28.7 Å². The zero-order chi connectivity index (χ0) is 12.6. The number of aryl methyl sites for hydroxylation is 1. The Bertz CT molecular complexity index is 545. The first kappa shape index (κ1) is 12.4. The molecule has 0 bridgehead atoms. The first-order chi connectivity index (χ1) is 8.00. The summed E-state index contributed by atoms with van der Waals surface area (Å²) in [5.41, 5.74) is 5.25. The number of halogens is 1. The van der Waals surface area contributed by atoms with E-state index in [9.17, 15) is 5.11 Å². The maximum Gasteiger partial charge on any atom is 0.119 e. The summed E-state index contributed by atoms with van der Waals surface area (Å²) in [6, 6.07) is 7.75. The summed E-state index contributed by atoms with van der Waals surface area (Å²) in [6.45, 7) is 6.13. The van der Waals surface area contributed by atoms with Crippen molar-refractivity contribution >= 4 is 15.9 Å². The van der Waals surface area contributed by atoms with E-state index < -0.39 is 6.10 Å². The van der Waals surface area contributed by atoms with Gasteiger partial charge in [0.15, 0.2) is 0 Å². The Morgan fingerprint density at radius 2 is 1.88 bits per heavy atom. The standard InChI is InChI=1S/C14H16BrNO/c1-8-9(2)13(16-10(8)3)14(17)11-5-4-6-12(15)7-11/h4-7,14,16-17H,1-3H3. The molecule has 2 N–H and O–H groups in total. The van der Waals surface area contributed by atoms with Crippen LogP contribution < -0.4 is 0 Å². The zero-order valence-electron chi connectivity index (χ0n) is 10.2. The average Bonchev–Trinajstić information content (AvgIpc) is 2.56. The van der Waals surface area contributed by atoms with Gasteiger partial charge < -0.3 is 10.1 Å². The molecule has 0 aliphatic heterocycles. The largest absolute Gasteiger partial charge is 0.382 e. The number of aromatic amines is 1. The van der Waals surface area contributed by atoms with Gasteiger partial charge >= 0.3 is 0 Å². The molecule has 2 nitrogen and oxygen atoms in total. The number of nitrogens with one attached hydrogen (secondary N) is 1. The minimum absolute atomic E-state index is 0.597. The quantitative estimate of drug-likeness (QED) is 0.868. The number of hydrogen-bond acceptors (Lipinski definition) is 1. The van der Waals surface area contributed by atoms with Gasteiger partial charge in [0, 0.05) is 10.2 Å². The van der Waals surface area contributed by atoms with Crippen LogP contribution in [-0.4, -0.2) is 10.1 Å². The van der Waals surface area contributed by atoms with Crippen molar-refractivity contribution < 1.29 is 5.11 Å². The highest BCUT2D eigenvalue weighted by molar-refractivity contribution is 9.10. The lowest BCUT2D eigenvalue weighted by Crippen LogP contribution is -2.02. The first-order valence-corrected chi connectivity index (χ1v) is 6.39. The van der Waals surface area contributed by atoms with E-state index in [2.05, 4.69) is 27.8 Å². The Morgan fingerprint density at radius 1 is 1.18 bits per heavy atom.